The molecule has 0 bridgehead atoms. The molecule has 0 aromatic carbocycles. The van der Waals surface area contributed by atoms with Crippen molar-refractivity contribution in [2.45, 2.75) is 90.4 Å². The third-order valence-corrected chi connectivity index (χ3v) is 4.84. The molecule has 0 heteroatoms. The van der Waals surface area contributed by atoms with Gasteiger partial charge in [0, 0.05) is 0 Å². The van der Waals surface area contributed by atoms with E-state index >= 15 is 0 Å². The van der Waals surface area contributed by atoms with Gasteiger partial charge in [0.2, 0.25) is 0 Å². The second-order valence-corrected chi connectivity index (χ2v) is 6.43. The zero-order valence-electron chi connectivity index (χ0n) is 11.8. The van der Waals surface area contributed by atoms with Gasteiger partial charge in [-0.1, -0.05) is 64.7 Å². The molecule has 0 N–H and O–H groups in total. The third kappa shape index (κ3) is 5.02. The SMILES string of the molecule is CCCCC[C](CCCCC1CCC1)C1CC1. The van der Waals surface area contributed by atoms with Crippen LogP contribution in [0.15, 0.2) is 0 Å². The highest BCUT2D eigenvalue weighted by Gasteiger charge is 2.30. The van der Waals surface area contributed by atoms with Crippen LogP contribution in [0.1, 0.15) is 90.4 Å². The van der Waals surface area contributed by atoms with Crippen molar-refractivity contribution >= 4 is 0 Å². The van der Waals surface area contributed by atoms with Crippen LogP contribution in [0.5, 0.6) is 0 Å². The molecule has 2 aliphatic rings. The van der Waals surface area contributed by atoms with Crippen LogP contribution in [0, 0.1) is 17.8 Å². The van der Waals surface area contributed by atoms with E-state index in [1.54, 1.807) is 0 Å². The van der Waals surface area contributed by atoms with Crippen LogP contribution < -0.4 is 0 Å². The minimum Gasteiger partial charge on any atom is -0.0654 e. The Hall–Kier alpha value is 0. The molecule has 0 saturated heterocycles. The lowest BCUT2D eigenvalue weighted by molar-refractivity contribution is 0.286. The number of rotatable bonds is 10. The second kappa shape index (κ2) is 7.44. The Morgan fingerprint density at radius 2 is 1.59 bits per heavy atom. The van der Waals surface area contributed by atoms with Crippen molar-refractivity contribution in [3.05, 3.63) is 5.92 Å². The Kier molecular flexibility index (Phi) is 5.88. The lowest BCUT2D eigenvalue weighted by Gasteiger charge is -2.25. The van der Waals surface area contributed by atoms with E-state index in [9.17, 15) is 0 Å². The number of hydrogen-bond donors (Lipinski definition) is 0. The highest BCUT2D eigenvalue weighted by atomic mass is 14.4. The maximum atomic E-state index is 2.31. The Balaban J connectivity index is 1.50. The first-order valence-corrected chi connectivity index (χ1v) is 8.24. The van der Waals surface area contributed by atoms with E-state index < -0.39 is 0 Å². The molecule has 2 saturated carbocycles. The average Bonchev–Trinajstić information content (AvgIpc) is 3.08. The quantitative estimate of drug-likeness (QED) is 0.413. The molecule has 17 heavy (non-hydrogen) atoms. The maximum Gasteiger partial charge on any atom is -0.0210 e. The fourth-order valence-corrected chi connectivity index (χ4v) is 3.19. The average molecular weight is 235 g/mol. The summed E-state index contributed by atoms with van der Waals surface area (Å²) in [5.74, 6) is 4.14. The van der Waals surface area contributed by atoms with Crippen LogP contribution in [0.4, 0.5) is 0 Å². The van der Waals surface area contributed by atoms with Gasteiger partial charge in [-0.2, -0.15) is 0 Å². The van der Waals surface area contributed by atoms with Crippen LogP contribution >= 0.6 is 0 Å². The number of unbranched alkanes of at least 4 members (excludes halogenated alkanes) is 3. The molecule has 2 aliphatic carbocycles. The predicted octanol–water partition coefficient (Wildman–Crippen LogP) is 5.91. The van der Waals surface area contributed by atoms with Gasteiger partial charge in [-0.3, -0.25) is 0 Å². The first-order chi connectivity index (χ1) is 8.40. The van der Waals surface area contributed by atoms with E-state index in [1.807, 2.05) is 5.92 Å². The lowest BCUT2D eigenvalue weighted by Crippen LogP contribution is -2.10. The highest BCUT2D eigenvalue weighted by molar-refractivity contribution is 5.03. The second-order valence-electron chi connectivity index (χ2n) is 6.43. The molecule has 2 fully saturated rings. The van der Waals surface area contributed by atoms with Crippen molar-refractivity contribution in [3.8, 4) is 0 Å². The molecule has 2 rings (SSSR count). The first kappa shape index (κ1) is 13.4. The molecular weight excluding hydrogens is 204 g/mol. The molecule has 0 nitrogen and oxygen atoms in total. The molecule has 0 aromatic rings. The Labute approximate surface area is 109 Å². The minimum atomic E-state index is 1.07. The maximum absolute atomic E-state index is 2.31. The third-order valence-electron chi connectivity index (χ3n) is 4.84. The van der Waals surface area contributed by atoms with Gasteiger partial charge in [0.05, 0.1) is 0 Å². The molecule has 0 aromatic heterocycles. The van der Waals surface area contributed by atoms with Crippen molar-refractivity contribution < 1.29 is 0 Å². The summed E-state index contributed by atoms with van der Waals surface area (Å²) < 4.78 is 0. The van der Waals surface area contributed by atoms with E-state index in [0.29, 0.717) is 0 Å². The van der Waals surface area contributed by atoms with Crippen molar-refractivity contribution in [2.75, 3.05) is 0 Å². The first-order valence-electron chi connectivity index (χ1n) is 8.24. The van der Waals surface area contributed by atoms with Crippen LogP contribution in [0.25, 0.3) is 0 Å². The van der Waals surface area contributed by atoms with E-state index in [4.69, 9.17) is 0 Å². The van der Waals surface area contributed by atoms with E-state index in [2.05, 4.69) is 6.92 Å². The highest BCUT2D eigenvalue weighted by Crippen LogP contribution is 2.43. The van der Waals surface area contributed by atoms with Gasteiger partial charge in [-0.15, -0.1) is 0 Å². The van der Waals surface area contributed by atoms with Gasteiger partial charge < -0.3 is 0 Å². The fourth-order valence-electron chi connectivity index (χ4n) is 3.19. The molecule has 0 atom stereocenters. The molecule has 0 unspecified atom stereocenters. The molecule has 99 valence electrons. The normalized spacial score (nSPS) is 20.8. The largest absolute Gasteiger partial charge is 0.0654 e. The Bertz CT molecular complexity index is 188. The van der Waals surface area contributed by atoms with Gasteiger partial charge in [0.25, 0.3) is 0 Å². The Morgan fingerprint density at radius 3 is 2.12 bits per heavy atom. The van der Waals surface area contributed by atoms with Gasteiger partial charge in [0.1, 0.15) is 0 Å². The van der Waals surface area contributed by atoms with Gasteiger partial charge in [-0.25, -0.2) is 0 Å². The summed E-state index contributed by atoms with van der Waals surface area (Å²) in [4.78, 5) is 0. The van der Waals surface area contributed by atoms with E-state index in [0.717, 1.165) is 11.8 Å². The molecule has 0 heterocycles. The lowest BCUT2D eigenvalue weighted by atomic mass is 9.81. The summed E-state index contributed by atoms with van der Waals surface area (Å²) in [6.07, 6.45) is 19.4. The van der Waals surface area contributed by atoms with Crippen molar-refractivity contribution in [2.24, 2.45) is 11.8 Å². The standard InChI is InChI=1S/C17H31/c1-2-3-4-11-16(17-13-14-17)12-6-5-8-15-9-7-10-15/h15,17H,2-14H2,1H3. The van der Waals surface area contributed by atoms with Crippen molar-refractivity contribution in [1.29, 1.82) is 0 Å². The van der Waals surface area contributed by atoms with Crippen LogP contribution in [0.2, 0.25) is 0 Å². The van der Waals surface area contributed by atoms with Gasteiger partial charge >= 0.3 is 0 Å². The predicted molar refractivity (Wildman–Crippen MR) is 75.9 cm³/mol. The zero-order valence-corrected chi connectivity index (χ0v) is 11.8. The molecule has 0 aliphatic heterocycles. The topological polar surface area (TPSA) is 0 Å². The van der Waals surface area contributed by atoms with Crippen LogP contribution in [0.3, 0.4) is 0 Å². The Morgan fingerprint density at radius 1 is 0.882 bits per heavy atom. The van der Waals surface area contributed by atoms with E-state index in [1.165, 1.54) is 83.5 Å². The monoisotopic (exact) mass is 235 g/mol. The van der Waals surface area contributed by atoms with Crippen molar-refractivity contribution in [3.63, 3.8) is 0 Å². The summed E-state index contributed by atoms with van der Waals surface area (Å²) in [7, 11) is 0. The molecular formula is C17H31. The zero-order chi connectivity index (χ0) is 11.9. The summed E-state index contributed by atoms with van der Waals surface area (Å²) in [6.45, 7) is 2.31. The van der Waals surface area contributed by atoms with Crippen molar-refractivity contribution in [1.82, 2.24) is 0 Å². The van der Waals surface area contributed by atoms with Gasteiger partial charge in [0.15, 0.2) is 0 Å². The van der Waals surface area contributed by atoms with Crippen LogP contribution in [-0.4, -0.2) is 0 Å². The summed E-state index contributed by atoms with van der Waals surface area (Å²) in [5.41, 5.74) is 0. The van der Waals surface area contributed by atoms with E-state index in [-0.39, 0.29) is 0 Å². The summed E-state index contributed by atoms with van der Waals surface area (Å²) in [5, 5.41) is 0. The molecule has 0 spiro atoms. The minimum absolute atomic E-state index is 1.07. The van der Waals surface area contributed by atoms with Crippen LogP contribution in [-0.2, 0) is 0 Å². The molecule has 0 amide bonds. The summed E-state index contributed by atoms with van der Waals surface area (Å²) in [6, 6.07) is 0. The smallest absolute Gasteiger partial charge is 0.0210 e. The fraction of sp³-hybridized carbons (Fsp3) is 0.941. The van der Waals surface area contributed by atoms with Gasteiger partial charge in [-0.05, 0) is 43.4 Å². The molecule has 1 radical (unpaired) electrons. The summed E-state index contributed by atoms with van der Waals surface area (Å²) >= 11 is 0. The number of hydrogen-bond acceptors (Lipinski definition) is 0.